The summed E-state index contributed by atoms with van der Waals surface area (Å²) in [6, 6.07) is 9.74. The number of likely N-dealkylation sites (tertiary alicyclic amines) is 1. The average Bonchev–Trinajstić information content (AvgIpc) is 3.24. The number of halogens is 2. The zero-order valence-corrected chi connectivity index (χ0v) is 16.4. The molecule has 0 radical (unpaired) electrons. The molecule has 1 fully saturated rings. The van der Waals surface area contributed by atoms with Gasteiger partial charge >= 0.3 is 0 Å². The Morgan fingerprint density at radius 2 is 2.00 bits per heavy atom. The zero-order valence-electron chi connectivity index (χ0n) is 15.6. The quantitative estimate of drug-likeness (QED) is 0.447. The summed E-state index contributed by atoms with van der Waals surface area (Å²) in [5.41, 5.74) is 0.494. The van der Waals surface area contributed by atoms with Crippen LogP contribution in [0.1, 0.15) is 35.0 Å². The van der Waals surface area contributed by atoms with Crippen LogP contribution in [-0.4, -0.2) is 39.0 Å². The smallest absolute Gasteiger partial charge is 0.288 e. The number of carbonyl (C=O) groups is 1. The third-order valence-corrected chi connectivity index (χ3v) is 5.30. The molecule has 0 bridgehead atoms. The molecule has 3 aromatic rings. The predicted octanol–water partition coefficient (Wildman–Crippen LogP) is 4.46. The maximum absolute atomic E-state index is 13.1. The number of aromatic nitrogens is 2. The van der Waals surface area contributed by atoms with E-state index in [2.05, 4.69) is 10.2 Å². The van der Waals surface area contributed by atoms with Crippen LogP contribution in [0, 0.1) is 15.9 Å². The maximum Gasteiger partial charge on any atom is 0.288 e. The lowest BCUT2D eigenvalue weighted by Crippen LogP contribution is -2.39. The van der Waals surface area contributed by atoms with Gasteiger partial charge in [-0.2, -0.15) is 0 Å². The number of benzene rings is 2. The third kappa shape index (κ3) is 4.02. The van der Waals surface area contributed by atoms with Gasteiger partial charge in [0.1, 0.15) is 10.8 Å². The van der Waals surface area contributed by atoms with Crippen LogP contribution in [0.5, 0.6) is 0 Å². The van der Waals surface area contributed by atoms with Crippen LogP contribution in [-0.2, 0) is 0 Å². The van der Waals surface area contributed by atoms with Crippen molar-refractivity contribution in [1.82, 2.24) is 15.1 Å². The lowest BCUT2D eigenvalue weighted by molar-refractivity contribution is -0.384. The Hall–Kier alpha value is -3.33. The number of nitro benzene ring substituents is 1. The molecule has 0 aliphatic carbocycles. The molecule has 2 aromatic carbocycles. The van der Waals surface area contributed by atoms with Gasteiger partial charge in [-0.15, -0.1) is 10.2 Å². The van der Waals surface area contributed by atoms with Crippen LogP contribution >= 0.6 is 11.6 Å². The van der Waals surface area contributed by atoms with E-state index in [0.717, 1.165) is 12.8 Å². The molecule has 1 saturated heterocycles. The number of rotatable bonds is 4. The van der Waals surface area contributed by atoms with Crippen molar-refractivity contribution in [3.63, 3.8) is 0 Å². The number of hydrogen-bond donors (Lipinski definition) is 0. The van der Waals surface area contributed by atoms with Crippen molar-refractivity contribution in [2.45, 2.75) is 18.8 Å². The van der Waals surface area contributed by atoms with Gasteiger partial charge < -0.3 is 9.32 Å². The summed E-state index contributed by atoms with van der Waals surface area (Å²) >= 11 is 5.83. The van der Waals surface area contributed by atoms with Crippen molar-refractivity contribution in [2.24, 2.45) is 0 Å². The molecule has 1 amide bonds. The van der Waals surface area contributed by atoms with Gasteiger partial charge in [0.15, 0.2) is 0 Å². The summed E-state index contributed by atoms with van der Waals surface area (Å²) in [6.45, 7) is 0.866. The summed E-state index contributed by atoms with van der Waals surface area (Å²) in [7, 11) is 0. The highest BCUT2D eigenvalue weighted by Crippen LogP contribution is 2.30. The standard InChI is InChI=1S/C20H16ClFN4O4/c21-16-8-5-13(10-17(16)26(28)29)20(27)25-9-1-2-14(11-25)19-24-23-18(30-19)12-3-6-15(22)7-4-12/h3-8,10,14H,1-2,9,11H2. The Kier molecular flexibility index (Phi) is 5.45. The van der Waals surface area contributed by atoms with Crippen LogP contribution in [0.15, 0.2) is 46.9 Å². The maximum atomic E-state index is 13.1. The highest BCUT2D eigenvalue weighted by atomic mass is 35.5. The van der Waals surface area contributed by atoms with Gasteiger partial charge in [-0.3, -0.25) is 14.9 Å². The van der Waals surface area contributed by atoms with Gasteiger partial charge in [0, 0.05) is 30.3 Å². The van der Waals surface area contributed by atoms with Gasteiger partial charge in [0.2, 0.25) is 11.8 Å². The minimum atomic E-state index is -0.618. The molecule has 10 heteroatoms. The van der Waals surface area contributed by atoms with E-state index in [0.29, 0.717) is 24.5 Å². The average molecular weight is 431 g/mol. The molecule has 8 nitrogen and oxygen atoms in total. The van der Waals surface area contributed by atoms with Crippen molar-refractivity contribution >= 4 is 23.2 Å². The second-order valence-electron chi connectivity index (χ2n) is 6.97. The molecule has 30 heavy (non-hydrogen) atoms. The molecule has 154 valence electrons. The fourth-order valence-corrected chi connectivity index (χ4v) is 3.63. The predicted molar refractivity (Wildman–Crippen MR) is 106 cm³/mol. The molecular formula is C20H16ClFN4O4. The number of piperidine rings is 1. The van der Waals surface area contributed by atoms with Crippen LogP contribution in [0.2, 0.25) is 5.02 Å². The second kappa shape index (κ2) is 8.19. The van der Waals surface area contributed by atoms with Crippen molar-refractivity contribution in [1.29, 1.82) is 0 Å². The number of amides is 1. The highest BCUT2D eigenvalue weighted by molar-refractivity contribution is 6.32. The molecule has 0 N–H and O–H groups in total. The molecule has 1 atom stereocenters. The van der Waals surface area contributed by atoms with E-state index in [1.54, 1.807) is 17.0 Å². The Balaban J connectivity index is 1.51. The van der Waals surface area contributed by atoms with Crippen molar-refractivity contribution in [3.8, 4) is 11.5 Å². The summed E-state index contributed by atoms with van der Waals surface area (Å²) in [6.07, 6.45) is 1.48. The topological polar surface area (TPSA) is 102 Å². The molecule has 0 spiro atoms. The Morgan fingerprint density at radius 3 is 2.73 bits per heavy atom. The Bertz CT molecular complexity index is 1100. The summed E-state index contributed by atoms with van der Waals surface area (Å²) in [5.74, 6) is -0.164. The third-order valence-electron chi connectivity index (χ3n) is 4.98. The van der Waals surface area contributed by atoms with Crippen LogP contribution in [0.4, 0.5) is 10.1 Å². The summed E-state index contributed by atoms with van der Waals surface area (Å²) in [5, 5.41) is 19.2. The van der Waals surface area contributed by atoms with Gasteiger partial charge in [0.25, 0.3) is 11.6 Å². The molecule has 0 saturated carbocycles. The molecule has 1 aliphatic heterocycles. The largest absolute Gasteiger partial charge is 0.420 e. The number of nitro groups is 1. The molecule has 2 heterocycles. The fraction of sp³-hybridized carbons (Fsp3) is 0.250. The normalized spacial score (nSPS) is 16.5. The van der Waals surface area contributed by atoms with E-state index in [4.69, 9.17) is 16.0 Å². The zero-order chi connectivity index (χ0) is 21.3. The molecule has 4 rings (SSSR count). The monoisotopic (exact) mass is 430 g/mol. The molecule has 1 aromatic heterocycles. The first kappa shape index (κ1) is 20.0. The number of nitrogens with zero attached hydrogens (tertiary/aromatic N) is 4. The Labute approximate surface area is 175 Å². The first-order valence-corrected chi connectivity index (χ1v) is 9.62. The number of hydrogen-bond acceptors (Lipinski definition) is 6. The lowest BCUT2D eigenvalue weighted by Gasteiger charge is -2.31. The fourth-order valence-electron chi connectivity index (χ4n) is 3.44. The van der Waals surface area contributed by atoms with Crippen molar-refractivity contribution in [2.75, 3.05) is 13.1 Å². The SMILES string of the molecule is O=C(c1ccc(Cl)c([N+](=O)[O-])c1)N1CCCC(c2nnc(-c3ccc(F)cc3)o2)C1. The minimum absolute atomic E-state index is 0.0211. The second-order valence-corrected chi connectivity index (χ2v) is 7.37. The van der Waals surface area contributed by atoms with Crippen molar-refractivity contribution in [3.05, 3.63) is 74.9 Å². The van der Waals surface area contributed by atoms with Gasteiger partial charge in [-0.1, -0.05) is 11.6 Å². The molecule has 1 aliphatic rings. The van der Waals surface area contributed by atoms with E-state index in [1.165, 1.54) is 30.3 Å². The van der Waals surface area contributed by atoms with E-state index in [1.807, 2.05) is 0 Å². The first-order chi connectivity index (χ1) is 14.4. The summed E-state index contributed by atoms with van der Waals surface area (Å²) in [4.78, 5) is 25.0. The summed E-state index contributed by atoms with van der Waals surface area (Å²) < 4.78 is 18.9. The minimum Gasteiger partial charge on any atom is -0.420 e. The first-order valence-electron chi connectivity index (χ1n) is 9.25. The van der Waals surface area contributed by atoms with Gasteiger partial charge in [-0.25, -0.2) is 4.39 Å². The van der Waals surface area contributed by atoms with Crippen LogP contribution in [0.3, 0.4) is 0 Å². The van der Waals surface area contributed by atoms with Gasteiger partial charge in [0.05, 0.1) is 10.8 Å². The Morgan fingerprint density at radius 1 is 1.23 bits per heavy atom. The van der Waals surface area contributed by atoms with Gasteiger partial charge in [-0.05, 0) is 49.2 Å². The van der Waals surface area contributed by atoms with Crippen LogP contribution in [0.25, 0.3) is 11.5 Å². The molecular weight excluding hydrogens is 415 g/mol. The highest BCUT2D eigenvalue weighted by Gasteiger charge is 2.30. The number of carbonyl (C=O) groups excluding carboxylic acids is 1. The van der Waals surface area contributed by atoms with E-state index in [-0.39, 0.29) is 39.8 Å². The molecule has 1 unspecified atom stereocenters. The van der Waals surface area contributed by atoms with Crippen molar-refractivity contribution < 1.29 is 18.5 Å². The van der Waals surface area contributed by atoms with E-state index >= 15 is 0 Å². The lowest BCUT2D eigenvalue weighted by atomic mass is 9.97. The van der Waals surface area contributed by atoms with Crippen LogP contribution < -0.4 is 0 Å². The van der Waals surface area contributed by atoms with E-state index < -0.39 is 4.92 Å². The van der Waals surface area contributed by atoms with E-state index in [9.17, 15) is 19.3 Å².